The molecule has 0 spiro atoms. The fourth-order valence-electron chi connectivity index (χ4n) is 5.03. The van der Waals surface area contributed by atoms with Crippen LogP contribution in [0.5, 0.6) is 0 Å². The lowest BCUT2D eigenvalue weighted by Gasteiger charge is -2.36. The van der Waals surface area contributed by atoms with Crippen LogP contribution in [0.1, 0.15) is 64.8 Å². The summed E-state index contributed by atoms with van der Waals surface area (Å²) in [5.74, 6) is -0.488. The van der Waals surface area contributed by atoms with Crippen LogP contribution in [0.3, 0.4) is 0 Å². The van der Waals surface area contributed by atoms with Gasteiger partial charge in [-0.1, -0.05) is 48.7 Å². The van der Waals surface area contributed by atoms with E-state index in [9.17, 15) is 14.4 Å². The first kappa shape index (κ1) is 24.3. The predicted molar refractivity (Wildman–Crippen MR) is 133 cm³/mol. The minimum atomic E-state index is -0.258. The van der Waals surface area contributed by atoms with E-state index in [1.165, 1.54) is 0 Å². The Hall–Kier alpha value is -2.86. The number of halogens is 1. The molecule has 2 aromatic carbocycles. The summed E-state index contributed by atoms with van der Waals surface area (Å²) in [6, 6.07) is 14.2. The Bertz CT molecular complexity index is 1060. The summed E-state index contributed by atoms with van der Waals surface area (Å²) in [5, 5.41) is 6.88. The first-order chi connectivity index (χ1) is 16.4. The minimum Gasteiger partial charge on any atom is -0.351 e. The van der Waals surface area contributed by atoms with Crippen LogP contribution in [-0.4, -0.2) is 47.8 Å². The molecule has 0 unspecified atom stereocenters. The van der Waals surface area contributed by atoms with Gasteiger partial charge in [-0.15, -0.1) is 0 Å². The fourth-order valence-corrected chi connectivity index (χ4v) is 5.22. The van der Waals surface area contributed by atoms with Crippen LogP contribution < -0.4 is 10.6 Å². The number of amides is 3. The van der Waals surface area contributed by atoms with E-state index in [1.54, 1.807) is 29.2 Å². The normalized spacial score (nSPS) is 22.6. The lowest BCUT2D eigenvalue weighted by Crippen LogP contribution is -2.55. The number of nitrogens with zero attached hydrogens (tertiary/aromatic N) is 1. The second-order valence-corrected chi connectivity index (χ2v) is 9.83. The molecule has 0 radical (unpaired) electrons. The molecule has 1 saturated carbocycles. The van der Waals surface area contributed by atoms with Crippen LogP contribution in [0, 0.1) is 12.8 Å². The summed E-state index contributed by atoms with van der Waals surface area (Å²) < 4.78 is 0. The van der Waals surface area contributed by atoms with E-state index in [0.29, 0.717) is 29.2 Å². The molecule has 180 valence electrons. The Labute approximate surface area is 206 Å². The van der Waals surface area contributed by atoms with Crippen molar-refractivity contribution in [2.45, 2.75) is 57.5 Å². The molecule has 4 rings (SSSR count). The highest BCUT2D eigenvalue weighted by molar-refractivity contribution is 6.30. The lowest BCUT2D eigenvalue weighted by molar-refractivity contribution is -0.127. The van der Waals surface area contributed by atoms with Gasteiger partial charge in [-0.05, 0) is 62.4 Å². The second kappa shape index (κ2) is 11.0. The van der Waals surface area contributed by atoms with Crippen LogP contribution in [0.4, 0.5) is 0 Å². The number of piperidine rings is 1. The zero-order chi connectivity index (χ0) is 24.1. The minimum absolute atomic E-state index is 0.0364. The van der Waals surface area contributed by atoms with E-state index < -0.39 is 0 Å². The lowest BCUT2D eigenvalue weighted by atomic mass is 9.88. The van der Waals surface area contributed by atoms with E-state index >= 15 is 0 Å². The standard InChI is InChI=1S/C27H32ClN3O3/c1-18-8-2-3-12-22(18)26(33)30-24-14-5-4-13-23(24)29-25(32)20-10-7-15-31(17-20)27(34)19-9-6-11-21(28)16-19/h2-3,6,8-9,11-12,16,20,23-24H,4-5,7,10,13-15,17H2,1H3,(H,29,32)(H,30,33)/t20-,23+,24+/m0/s1. The van der Waals surface area contributed by atoms with Gasteiger partial charge in [0.05, 0.1) is 5.92 Å². The highest BCUT2D eigenvalue weighted by Crippen LogP contribution is 2.23. The number of aryl methyl sites for hydroxylation is 1. The summed E-state index contributed by atoms with van der Waals surface area (Å²) >= 11 is 6.05. The monoisotopic (exact) mass is 481 g/mol. The summed E-state index contributed by atoms with van der Waals surface area (Å²) in [5.41, 5.74) is 2.14. The number of hydrogen-bond donors (Lipinski definition) is 2. The van der Waals surface area contributed by atoms with Crippen LogP contribution in [0.2, 0.25) is 5.02 Å². The van der Waals surface area contributed by atoms with Crippen LogP contribution >= 0.6 is 11.6 Å². The van der Waals surface area contributed by atoms with Crippen LogP contribution in [-0.2, 0) is 4.79 Å². The molecule has 2 aliphatic rings. The fraction of sp³-hybridized carbons (Fsp3) is 0.444. The number of benzene rings is 2. The molecule has 2 N–H and O–H groups in total. The Morgan fingerprint density at radius 1 is 0.912 bits per heavy atom. The maximum atomic E-state index is 13.2. The van der Waals surface area contributed by atoms with E-state index in [1.807, 2.05) is 31.2 Å². The van der Waals surface area contributed by atoms with E-state index in [4.69, 9.17) is 11.6 Å². The molecule has 34 heavy (non-hydrogen) atoms. The van der Waals surface area contributed by atoms with E-state index in [0.717, 1.165) is 44.1 Å². The number of carbonyl (C=O) groups is 3. The average molecular weight is 482 g/mol. The Balaban J connectivity index is 1.37. The molecule has 0 bridgehead atoms. The largest absolute Gasteiger partial charge is 0.351 e. The molecule has 3 atom stereocenters. The average Bonchev–Trinajstić information content (AvgIpc) is 2.85. The first-order valence-corrected chi connectivity index (χ1v) is 12.5. The Kier molecular flexibility index (Phi) is 7.88. The predicted octanol–water partition coefficient (Wildman–Crippen LogP) is 4.36. The van der Waals surface area contributed by atoms with Gasteiger partial charge in [-0.3, -0.25) is 14.4 Å². The van der Waals surface area contributed by atoms with Crippen molar-refractivity contribution in [1.82, 2.24) is 15.5 Å². The molecule has 1 saturated heterocycles. The molecular weight excluding hydrogens is 450 g/mol. The number of likely N-dealkylation sites (tertiary alicyclic amines) is 1. The third kappa shape index (κ3) is 5.79. The molecule has 1 heterocycles. The Morgan fingerprint density at radius 3 is 2.38 bits per heavy atom. The highest BCUT2D eigenvalue weighted by atomic mass is 35.5. The highest BCUT2D eigenvalue weighted by Gasteiger charge is 2.33. The maximum Gasteiger partial charge on any atom is 0.253 e. The summed E-state index contributed by atoms with van der Waals surface area (Å²) in [7, 11) is 0. The van der Waals surface area contributed by atoms with Gasteiger partial charge in [0, 0.05) is 41.3 Å². The number of carbonyl (C=O) groups excluding carboxylic acids is 3. The molecule has 2 fully saturated rings. The van der Waals surface area contributed by atoms with Crippen molar-refractivity contribution >= 4 is 29.3 Å². The third-order valence-corrected chi connectivity index (χ3v) is 7.19. The van der Waals surface area contributed by atoms with Crippen LogP contribution in [0.25, 0.3) is 0 Å². The Morgan fingerprint density at radius 2 is 1.65 bits per heavy atom. The van der Waals surface area contributed by atoms with Gasteiger partial charge in [-0.2, -0.15) is 0 Å². The topological polar surface area (TPSA) is 78.5 Å². The van der Waals surface area contributed by atoms with Crippen molar-refractivity contribution in [2.24, 2.45) is 5.92 Å². The summed E-state index contributed by atoms with van der Waals surface area (Å²) in [6.45, 7) is 2.95. The zero-order valence-corrected chi connectivity index (χ0v) is 20.3. The van der Waals surface area contributed by atoms with Gasteiger partial charge in [0.1, 0.15) is 0 Å². The van der Waals surface area contributed by atoms with Gasteiger partial charge >= 0.3 is 0 Å². The molecule has 1 aliphatic heterocycles. The van der Waals surface area contributed by atoms with Crippen molar-refractivity contribution in [3.63, 3.8) is 0 Å². The van der Waals surface area contributed by atoms with Gasteiger partial charge in [0.2, 0.25) is 5.91 Å². The number of hydrogen-bond acceptors (Lipinski definition) is 3. The smallest absolute Gasteiger partial charge is 0.253 e. The van der Waals surface area contributed by atoms with Crippen molar-refractivity contribution in [3.8, 4) is 0 Å². The zero-order valence-electron chi connectivity index (χ0n) is 19.6. The molecule has 3 amide bonds. The van der Waals surface area contributed by atoms with Crippen molar-refractivity contribution in [2.75, 3.05) is 13.1 Å². The van der Waals surface area contributed by atoms with E-state index in [-0.39, 0.29) is 35.7 Å². The molecule has 2 aromatic rings. The molecule has 7 heteroatoms. The molecule has 1 aliphatic carbocycles. The van der Waals surface area contributed by atoms with E-state index in [2.05, 4.69) is 10.6 Å². The quantitative estimate of drug-likeness (QED) is 0.666. The van der Waals surface area contributed by atoms with Crippen molar-refractivity contribution < 1.29 is 14.4 Å². The number of nitrogens with one attached hydrogen (secondary N) is 2. The van der Waals surface area contributed by atoms with Gasteiger partial charge in [0.15, 0.2) is 0 Å². The van der Waals surface area contributed by atoms with Gasteiger partial charge in [0.25, 0.3) is 11.8 Å². The van der Waals surface area contributed by atoms with Crippen molar-refractivity contribution in [1.29, 1.82) is 0 Å². The molecule has 0 aromatic heterocycles. The molecule has 6 nitrogen and oxygen atoms in total. The summed E-state index contributed by atoms with van der Waals surface area (Å²) in [4.78, 5) is 40.7. The SMILES string of the molecule is Cc1ccccc1C(=O)N[C@@H]1CCCC[C@H]1NC(=O)[C@H]1CCCN(C(=O)c2cccc(Cl)c2)C1. The third-order valence-electron chi connectivity index (χ3n) is 6.95. The van der Waals surface area contributed by atoms with Gasteiger partial charge in [-0.25, -0.2) is 0 Å². The van der Waals surface area contributed by atoms with Crippen molar-refractivity contribution in [3.05, 3.63) is 70.2 Å². The first-order valence-electron chi connectivity index (χ1n) is 12.1. The second-order valence-electron chi connectivity index (χ2n) is 9.40. The van der Waals surface area contributed by atoms with Crippen LogP contribution in [0.15, 0.2) is 48.5 Å². The summed E-state index contributed by atoms with van der Waals surface area (Å²) in [6.07, 6.45) is 5.25. The number of rotatable bonds is 5. The maximum absolute atomic E-state index is 13.2. The molecular formula is C27H32ClN3O3. The van der Waals surface area contributed by atoms with Gasteiger partial charge < -0.3 is 15.5 Å².